The van der Waals surface area contributed by atoms with Gasteiger partial charge in [0.25, 0.3) is 0 Å². The van der Waals surface area contributed by atoms with Gasteiger partial charge in [-0.3, -0.25) is 4.40 Å². The van der Waals surface area contributed by atoms with Crippen molar-refractivity contribution < 1.29 is 36.5 Å². The molecule has 0 unspecified atom stereocenters. The Balaban J connectivity index is 1.69. The minimum Gasteiger partial charge on any atom is -0.493 e. The van der Waals surface area contributed by atoms with Gasteiger partial charge in [-0.25, -0.2) is 9.97 Å². The van der Waals surface area contributed by atoms with E-state index in [9.17, 15) is 17.6 Å². The van der Waals surface area contributed by atoms with Crippen LogP contribution in [-0.2, 0) is 0 Å². The van der Waals surface area contributed by atoms with E-state index in [-0.39, 0.29) is 5.69 Å². The summed E-state index contributed by atoms with van der Waals surface area (Å²) in [7, 11) is 4.53. The van der Waals surface area contributed by atoms with Crippen molar-refractivity contribution >= 4 is 17.2 Å². The Morgan fingerprint density at radius 3 is 2.31 bits per heavy atom. The van der Waals surface area contributed by atoms with Crippen molar-refractivity contribution in [1.29, 1.82) is 0 Å². The number of halogens is 4. The molecule has 0 radical (unpaired) electrons. The highest BCUT2D eigenvalue weighted by Gasteiger charge is 2.44. The highest BCUT2D eigenvalue weighted by atomic mass is 19.3. The van der Waals surface area contributed by atoms with Crippen LogP contribution in [0.4, 0.5) is 29.1 Å². The van der Waals surface area contributed by atoms with E-state index in [0.29, 0.717) is 40.0 Å². The predicted molar refractivity (Wildman–Crippen MR) is 119 cm³/mol. The Kier molecular flexibility index (Phi) is 6.54. The van der Waals surface area contributed by atoms with Crippen molar-refractivity contribution in [3.63, 3.8) is 0 Å². The lowest BCUT2D eigenvalue weighted by Gasteiger charge is -2.17. The summed E-state index contributed by atoms with van der Waals surface area (Å²) in [6.45, 7) is 0. The molecule has 2 heterocycles. The number of methoxy groups -OCH3 is 3. The van der Waals surface area contributed by atoms with Gasteiger partial charge in [0.15, 0.2) is 23.0 Å². The van der Waals surface area contributed by atoms with Crippen molar-refractivity contribution in [2.24, 2.45) is 0 Å². The van der Waals surface area contributed by atoms with E-state index in [2.05, 4.69) is 20.0 Å². The number of aromatic nitrogens is 3. The Hall–Kier alpha value is -4.22. The fourth-order valence-corrected chi connectivity index (χ4v) is 3.43. The first-order chi connectivity index (χ1) is 16.8. The molecule has 4 aromatic rings. The summed E-state index contributed by atoms with van der Waals surface area (Å²) >= 11 is 0. The smallest absolute Gasteiger partial charge is 0.461 e. The first-order valence-corrected chi connectivity index (χ1v) is 10.1. The third-order valence-electron chi connectivity index (χ3n) is 4.99. The number of alkyl halides is 4. The van der Waals surface area contributed by atoms with Crippen LogP contribution in [0.3, 0.4) is 0 Å². The maximum atomic E-state index is 13.3. The monoisotopic (exact) mass is 492 g/mol. The van der Waals surface area contributed by atoms with Crippen molar-refractivity contribution in [2.75, 3.05) is 26.6 Å². The second-order valence-electron chi connectivity index (χ2n) is 7.14. The normalized spacial score (nSPS) is 11.5. The topological polar surface area (TPSA) is 79.1 Å². The predicted octanol–water partition coefficient (Wildman–Crippen LogP) is 5.40. The molecule has 0 spiro atoms. The minimum absolute atomic E-state index is 0.283. The van der Waals surface area contributed by atoms with Gasteiger partial charge in [0.1, 0.15) is 5.75 Å². The van der Waals surface area contributed by atoms with Crippen molar-refractivity contribution in [2.45, 2.75) is 12.5 Å². The number of rotatable bonds is 9. The number of nitrogens with one attached hydrogen (secondary N) is 1. The second kappa shape index (κ2) is 9.57. The summed E-state index contributed by atoms with van der Waals surface area (Å²) in [6, 6.07) is 8.76. The molecule has 0 saturated heterocycles. The molecule has 1 N–H and O–H groups in total. The molecule has 0 saturated carbocycles. The van der Waals surface area contributed by atoms with Gasteiger partial charge in [0.2, 0.25) is 5.75 Å². The highest BCUT2D eigenvalue weighted by molar-refractivity contribution is 5.76. The summed E-state index contributed by atoms with van der Waals surface area (Å²) < 4.78 is 73.6. The van der Waals surface area contributed by atoms with Gasteiger partial charge in [-0.05, 0) is 24.3 Å². The zero-order chi connectivity index (χ0) is 25.2. The van der Waals surface area contributed by atoms with Gasteiger partial charge in [0.05, 0.1) is 33.2 Å². The van der Waals surface area contributed by atoms with E-state index >= 15 is 0 Å². The quantitative estimate of drug-likeness (QED) is 0.313. The Bertz CT molecular complexity index is 1320. The summed E-state index contributed by atoms with van der Waals surface area (Å²) in [4.78, 5) is 8.69. The minimum atomic E-state index is -4.62. The van der Waals surface area contributed by atoms with Crippen molar-refractivity contribution in [1.82, 2.24) is 14.4 Å². The zero-order valence-corrected chi connectivity index (χ0v) is 18.8. The number of hydrogen-bond donors (Lipinski definition) is 1. The van der Waals surface area contributed by atoms with Crippen LogP contribution in [0.5, 0.6) is 23.0 Å². The fourth-order valence-electron chi connectivity index (χ4n) is 3.43. The summed E-state index contributed by atoms with van der Waals surface area (Å²) in [6.07, 6.45) is -3.76. The molecule has 184 valence electrons. The average Bonchev–Trinajstić information content (AvgIpc) is 3.28. The zero-order valence-electron chi connectivity index (χ0n) is 18.8. The van der Waals surface area contributed by atoms with Gasteiger partial charge in [-0.15, -0.1) is 0 Å². The molecule has 0 aliphatic carbocycles. The molecule has 0 bridgehead atoms. The molecule has 0 fully saturated rings. The van der Waals surface area contributed by atoms with Crippen LogP contribution < -0.4 is 24.3 Å². The van der Waals surface area contributed by atoms with Gasteiger partial charge in [0, 0.05) is 29.7 Å². The molecule has 35 heavy (non-hydrogen) atoms. The van der Waals surface area contributed by atoms with E-state index in [0.717, 1.165) is 12.1 Å². The average molecular weight is 492 g/mol. The van der Waals surface area contributed by atoms with Gasteiger partial charge >= 0.3 is 12.5 Å². The Morgan fingerprint density at radius 1 is 0.971 bits per heavy atom. The van der Waals surface area contributed by atoms with Crippen LogP contribution in [-0.4, -0.2) is 48.2 Å². The van der Waals surface area contributed by atoms with Crippen molar-refractivity contribution in [3.8, 4) is 34.3 Å². The van der Waals surface area contributed by atoms with E-state index in [1.54, 1.807) is 35.0 Å². The van der Waals surface area contributed by atoms with E-state index in [4.69, 9.17) is 14.2 Å². The number of benzene rings is 2. The molecule has 0 aliphatic rings. The number of imidazole rings is 1. The molecular weight excluding hydrogens is 472 g/mol. The number of nitrogens with zero attached hydrogens (tertiary/aromatic N) is 3. The number of ether oxygens (including phenoxy) is 4. The molecule has 0 aliphatic heterocycles. The summed E-state index contributed by atoms with van der Waals surface area (Å²) in [5.41, 5.74) is 2.10. The largest absolute Gasteiger partial charge is 0.493 e. The van der Waals surface area contributed by atoms with Crippen LogP contribution in [0.2, 0.25) is 0 Å². The molecular formula is C23H20F4N4O4. The Morgan fingerprint density at radius 2 is 1.69 bits per heavy atom. The standard InChI is InChI=1S/C23H20F4N4O4/c1-32-17-9-13(10-18(33-2)19(17)34-3)16-12-29-21-20(28-7-8-31(16)21)30-14-5-4-6-15(11-14)35-23(26,27)22(24)25/h4-12,22H,1-3H3,(H,28,30). The third-order valence-corrected chi connectivity index (χ3v) is 4.99. The molecule has 0 atom stereocenters. The lowest BCUT2D eigenvalue weighted by molar-refractivity contribution is -0.253. The maximum Gasteiger partial charge on any atom is 0.461 e. The number of hydrogen-bond acceptors (Lipinski definition) is 7. The first-order valence-electron chi connectivity index (χ1n) is 10.1. The van der Waals surface area contributed by atoms with Crippen LogP contribution >= 0.6 is 0 Å². The molecule has 2 aromatic heterocycles. The second-order valence-corrected chi connectivity index (χ2v) is 7.14. The van der Waals surface area contributed by atoms with E-state index < -0.39 is 18.3 Å². The summed E-state index contributed by atoms with van der Waals surface area (Å²) in [5, 5.41) is 2.95. The number of anilines is 2. The Labute approximate surface area is 197 Å². The molecule has 8 nitrogen and oxygen atoms in total. The van der Waals surface area contributed by atoms with Gasteiger partial charge in [-0.1, -0.05) is 6.07 Å². The van der Waals surface area contributed by atoms with E-state index in [1.165, 1.54) is 33.6 Å². The maximum absolute atomic E-state index is 13.3. The number of fused-ring (bicyclic) bond motifs is 1. The van der Waals surface area contributed by atoms with Crippen LogP contribution in [0.1, 0.15) is 0 Å². The first kappa shape index (κ1) is 23.9. The van der Waals surface area contributed by atoms with Crippen LogP contribution in [0.15, 0.2) is 55.0 Å². The fraction of sp³-hybridized carbons (Fsp3) is 0.217. The SMILES string of the molecule is COc1cc(-c2cnc3c(Nc4cccc(OC(F)(F)C(F)F)c4)nccn23)cc(OC)c1OC. The molecule has 0 amide bonds. The molecule has 12 heteroatoms. The summed E-state index contributed by atoms with van der Waals surface area (Å²) in [5.74, 6) is 1.22. The lowest BCUT2D eigenvalue weighted by Crippen LogP contribution is -2.33. The highest BCUT2D eigenvalue weighted by Crippen LogP contribution is 2.41. The van der Waals surface area contributed by atoms with Gasteiger partial charge in [-0.2, -0.15) is 17.6 Å². The molecule has 4 rings (SSSR count). The third kappa shape index (κ3) is 4.72. The van der Waals surface area contributed by atoms with Gasteiger partial charge < -0.3 is 24.3 Å². The van der Waals surface area contributed by atoms with E-state index in [1.807, 2.05) is 0 Å². The lowest BCUT2D eigenvalue weighted by atomic mass is 10.1. The van der Waals surface area contributed by atoms with Crippen LogP contribution in [0, 0.1) is 0 Å². The van der Waals surface area contributed by atoms with Crippen LogP contribution in [0.25, 0.3) is 16.9 Å². The molecule has 2 aromatic carbocycles. The van der Waals surface area contributed by atoms with Crippen molar-refractivity contribution in [3.05, 3.63) is 55.0 Å².